The molecule has 0 aliphatic heterocycles. The van der Waals surface area contributed by atoms with Crippen LogP contribution in [0.2, 0.25) is 0 Å². The fourth-order valence-corrected chi connectivity index (χ4v) is 2.43. The third-order valence-corrected chi connectivity index (χ3v) is 3.53. The molecule has 1 aliphatic rings. The minimum atomic E-state index is -0.339. The summed E-state index contributed by atoms with van der Waals surface area (Å²) >= 11 is 0. The Morgan fingerprint density at radius 2 is 2.28 bits per heavy atom. The maximum Gasteiger partial charge on any atom is 0.115 e. The maximum absolute atomic E-state index is 9.51. The molecular weight excluding hydrogens is 224 g/mol. The van der Waals surface area contributed by atoms with Crippen molar-refractivity contribution in [2.45, 2.75) is 39.2 Å². The molecule has 1 aromatic rings. The van der Waals surface area contributed by atoms with E-state index in [1.54, 1.807) is 6.07 Å². The van der Waals surface area contributed by atoms with Crippen molar-refractivity contribution in [2.75, 3.05) is 6.54 Å². The Morgan fingerprint density at radius 3 is 3.00 bits per heavy atom. The van der Waals surface area contributed by atoms with Crippen LogP contribution in [0.3, 0.4) is 0 Å². The number of phenols is 1. The summed E-state index contributed by atoms with van der Waals surface area (Å²) in [4.78, 5) is 0. The van der Waals surface area contributed by atoms with Gasteiger partial charge in [0.15, 0.2) is 0 Å². The summed E-state index contributed by atoms with van der Waals surface area (Å²) in [5.74, 6) is 0.340. The molecule has 0 amide bonds. The number of hydrogen-bond donors (Lipinski definition) is 2. The molecule has 0 aromatic heterocycles. The molecule has 96 valence electrons. The molecule has 1 aromatic carbocycles. The average molecular weight is 244 g/mol. The van der Waals surface area contributed by atoms with Gasteiger partial charge in [-0.1, -0.05) is 6.07 Å². The van der Waals surface area contributed by atoms with Crippen LogP contribution < -0.4 is 5.32 Å². The van der Waals surface area contributed by atoms with Gasteiger partial charge in [-0.25, -0.2) is 0 Å². The van der Waals surface area contributed by atoms with E-state index in [2.05, 4.69) is 11.4 Å². The van der Waals surface area contributed by atoms with Gasteiger partial charge in [-0.2, -0.15) is 5.26 Å². The van der Waals surface area contributed by atoms with Crippen molar-refractivity contribution < 1.29 is 5.11 Å². The van der Waals surface area contributed by atoms with Crippen molar-refractivity contribution in [2.24, 2.45) is 5.41 Å². The van der Waals surface area contributed by atoms with E-state index in [0.717, 1.165) is 19.3 Å². The van der Waals surface area contributed by atoms with Gasteiger partial charge in [0.2, 0.25) is 0 Å². The largest absolute Gasteiger partial charge is 0.508 e. The van der Waals surface area contributed by atoms with Gasteiger partial charge in [0.25, 0.3) is 0 Å². The second kappa shape index (κ2) is 4.99. The highest BCUT2D eigenvalue weighted by molar-refractivity contribution is 5.38. The maximum atomic E-state index is 9.51. The van der Waals surface area contributed by atoms with E-state index in [1.165, 1.54) is 11.1 Å². The molecule has 0 spiro atoms. The number of nitriles is 1. The number of nitrogens with zero attached hydrogens (tertiary/aromatic N) is 1. The van der Waals surface area contributed by atoms with Gasteiger partial charge in [-0.3, -0.25) is 0 Å². The number of hydrogen-bond acceptors (Lipinski definition) is 3. The van der Waals surface area contributed by atoms with Crippen LogP contribution in [0.4, 0.5) is 0 Å². The third-order valence-electron chi connectivity index (χ3n) is 3.53. The first-order valence-corrected chi connectivity index (χ1v) is 6.48. The van der Waals surface area contributed by atoms with Gasteiger partial charge in [-0.05, 0) is 56.4 Å². The molecule has 0 fully saturated rings. The summed E-state index contributed by atoms with van der Waals surface area (Å²) in [6.45, 7) is 4.58. The number of rotatable bonds is 3. The summed E-state index contributed by atoms with van der Waals surface area (Å²) in [5.41, 5.74) is 2.16. The summed E-state index contributed by atoms with van der Waals surface area (Å²) < 4.78 is 0. The Labute approximate surface area is 108 Å². The molecule has 3 heteroatoms. The number of aryl methyl sites for hydroxylation is 1. The zero-order valence-electron chi connectivity index (χ0n) is 11.0. The van der Waals surface area contributed by atoms with Gasteiger partial charge >= 0.3 is 0 Å². The molecule has 1 unspecified atom stereocenters. The normalized spacial score (nSPS) is 19.1. The lowest BCUT2D eigenvalue weighted by Gasteiger charge is -2.29. The van der Waals surface area contributed by atoms with Gasteiger partial charge in [0, 0.05) is 12.6 Å². The van der Waals surface area contributed by atoms with Gasteiger partial charge in [0.1, 0.15) is 5.75 Å². The smallest absolute Gasteiger partial charge is 0.115 e. The second-order valence-electron chi connectivity index (χ2n) is 5.70. The summed E-state index contributed by atoms with van der Waals surface area (Å²) in [6, 6.07) is 8.22. The SMILES string of the molecule is CC(C)(C#N)CNC1CCCc2cc(O)ccc21. The highest BCUT2D eigenvalue weighted by Gasteiger charge is 2.23. The molecule has 2 N–H and O–H groups in total. The molecule has 0 heterocycles. The van der Waals surface area contributed by atoms with Crippen molar-refractivity contribution in [3.05, 3.63) is 29.3 Å². The minimum absolute atomic E-state index is 0.307. The summed E-state index contributed by atoms with van der Waals surface area (Å²) in [6.07, 6.45) is 3.25. The number of nitrogens with one attached hydrogen (secondary N) is 1. The zero-order chi connectivity index (χ0) is 13.2. The lowest BCUT2D eigenvalue weighted by atomic mass is 9.86. The Kier molecular flexibility index (Phi) is 3.58. The van der Waals surface area contributed by atoms with Gasteiger partial charge in [0.05, 0.1) is 11.5 Å². The second-order valence-corrected chi connectivity index (χ2v) is 5.70. The van der Waals surface area contributed by atoms with Crippen molar-refractivity contribution in [3.8, 4) is 11.8 Å². The standard InChI is InChI=1S/C15H20N2O/c1-15(2,9-16)10-17-14-5-3-4-11-8-12(18)6-7-13(11)14/h6-8,14,17-18H,3-5,10H2,1-2H3. The number of benzene rings is 1. The van der Waals surface area contributed by atoms with Crippen molar-refractivity contribution >= 4 is 0 Å². The predicted octanol–water partition coefficient (Wildman–Crippen LogP) is 2.91. The lowest BCUT2D eigenvalue weighted by molar-refractivity contribution is 0.377. The van der Waals surface area contributed by atoms with Gasteiger partial charge < -0.3 is 10.4 Å². The Balaban J connectivity index is 2.11. The van der Waals surface area contributed by atoms with E-state index in [1.807, 2.05) is 26.0 Å². The van der Waals surface area contributed by atoms with Crippen LogP contribution in [0.1, 0.15) is 43.9 Å². The number of phenolic OH excluding ortho intramolecular Hbond substituents is 1. The van der Waals surface area contributed by atoms with E-state index in [4.69, 9.17) is 5.26 Å². The molecule has 3 nitrogen and oxygen atoms in total. The molecule has 1 atom stereocenters. The molecular formula is C15H20N2O. The lowest BCUT2D eigenvalue weighted by Crippen LogP contribution is -2.33. The Bertz CT molecular complexity index is 474. The van der Waals surface area contributed by atoms with Crippen molar-refractivity contribution in [1.29, 1.82) is 5.26 Å². The Hall–Kier alpha value is -1.53. The summed E-state index contributed by atoms with van der Waals surface area (Å²) in [5, 5.41) is 22.0. The molecule has 0 saturated carbocycles. The van der Waals surface area contributed by atoms with Crippen molar-refractivity contribution in [3.63, 3.8) is 0 Å². The fourth-order valence-electron chi connectivity index (χ4n) is 2.43. The monoisotopic (exact) mass is 244 g/mol. The molecule has 0 radical (unpaired) electrons. The third kappa shape index (κ3) is 2.83. The highest BCUT2D eigenvalue weighted by Crippen LogP contribution is 2.32. The van der Waals surface area contributed by atoms with Crippen LogP contribution in [0.5, 0.6) is 5.75 Å². The van der Waals surface area contributed by atoms with E-state index in [-0.39, 0.29) is 5.41 Å². The molecule has 18 heavy (non-hydrogen) atoms. The molecule has 0 bridgehead atoms. The molecule has 0 saturated heterocycles. The first-order valence-electron chi connectivity index (χ1n) is 6.48. The summed E-state index contributed by atoms with van der Waals surface area (Å²) in [7, 11) is 0. The quantitative estimate of drug-likeness (QED) is 0.859. The van der Waals surface area contributed by atoms with E-state index < -0.39 is 0 Å². The zero-order valence-corrected chi connectivity index (χ0v) is 11.0. The number of fused-ring (bicyclic) bond motifs is 1. The highest BCUT2D eigenvalue weighted by atomic mass is 16.3. The Morgan fingerprint density at radius 1 is 1.50 bits per heavy atom. The topological polar surface area (TPSA) is 56.0 Å². The van der Waals surface area contributed by atoms with Crippen LogP contribution >= 0.6 is 0 Å². The van der Waals surface area contributed by atoms with Crippen LogP contribution in [0, 0.1) is 16.7 Å². The van der Waals surface area contributed by atoms with Crippen LogP contribution in [0.15, 0.2) is 18.2 Å². The van der Waals surface area contributed by atoms with Crippen LogP contribution in [0.25, 0.3) is 0 Å². The fraction of sp³-hybridized carbons (Fsp3) is 0.533. The predicted molar refractivity (Wildman–Crippen MR) is 71.2 cm³/mol. The average Bonchev–Trinajstić information content (AvgIpc) is 2.36. The van der Waals surface area contributed by atoms with E-state index >= 15 is 0 Å². The number of aromatic hydroxyl groups is 1. The van der Waals surface area contributed by atoms with Crippen molar-refractivity contribution in [1.82, 2.24) is 5.32 Å². The van der Waals surface area contributed by atoms with E-state index in [9.17, 15) is 5.11 Å². The molecule has 2 rings (SSSR count). The first kappa shape index (κ1) is 12.9. The van der Waals surface area contributed by atoms with Crippen LogP contribution in [-0.4, -0.2) is 11.7 Å². The molecule has 1 aliphatic carbocycles. The van der Waals surface area contributed by atoms with Crippen LogP contribution in [-0.2, 0) is 6.42 Å². The van der Waals surface area contributed by atoms with E-state index in [0.29, 0.717) is 18.3 Å². The van der Waals surface area contributed by atoms with Gasteiger partial charge in [-0.15, -0.1) is 0 Å². The first-order chi connectivity index (χ1) is 8.52. The minimum Gasteiger partial charge on any atom is -0.508 e.